The van der Waals surface area contributed by atoms with Gasteiger partial charge in [-0.15, -0.1) is 0 Å². The van der Waals surface area contributed by atoms with E-state index < -0.39 is 9.84 Å². The van der Waals surface area contributed by atoms with Crippen LogP contribution >= 0.6 is 0 Å². The molecule has 0 unspecified atom stereocenters. The monoisotopic (exact) mass is 343 g/mol. The fraction of sp³-hybridized carbons (Fsp3) is 0.188. The van der Waals surface area contributed by atoms with Crippen molar-refractivity contribution in [3.63, 3.8) is 0 Å². The molecule has 3 aromatic rings. The Bertz CT molecular complexity index is 978. The summed E-state index contributed by atoms with van der Waals surface area (Å²) in [7, 11) is -1.28. The molecule has 0 aliphatic heterocycles. The van der Waals surface area contributed by atoms with Crippen molar-refractivity contribution in [2.75, 3.05) is 11.6 Å². The number of rotatable bonds is 4. The van der Waals surface area contributed by atoms with Crippen molar-refractivity contribution in [2.24, 2.45) is 7.05 Å². The molecule has 2 aromatic heterocycles. The molecule has 0 atom stereocenters. The van der Waals surface area contributed by atoms with Gasteiger partial charge in [0.05, 0.1) is 22.5 Å². The lowest BCUT2D eigenvalue weighted by molar-refractivity contribution is 0.602. The molecule has 0 amide bonds. The predicted molar refractivity (Wildman–Crippen MR) is 91.8 cm³/mol. The van der Waals surface area contributed by atoms with Gasteiger partial charge in [0.15, 0.2) is 9.84 Å². The van der Waals surface area contributed by atoms with E-state index in [1.54, 1.807) is 36.7 Å². The Labute approximate surface area is 140 Å². The zero-order valence-corrected chi connectivity index (χ0v) is 14.4. The average molecular weight is 343 g/mol. The Hall–Kier alpha value is -2.74. The van der Waals surface area contributed by atoms with Crippen LogP contribution in [0.15, 0.2) is 47.6 Å². The lowest BCUT2D eigenvalue weighted by Gasteiger charge is -2.08. The van der Waals surface area contributed by atoms with E-state index in [0.717, 1.165) is 17.2 Å². The molecule has 0 saturated carbocycles. The second-order valence-corrected chi connectivity index (χ2v) is 7.45. The third-order valence-electron chi connectivity index (χ3n) is 3.68. The van der Waals surface area contributed by atoms with Crippen LogP contribution in [0.1, 0.15) is 5.82 Å². The summed E-state index contributed by atoms with van der Waals surface area (Å²) in [6.45, 7) is 1.92. The highest BCUT2D eigenvalue weighted by atomic mass is 32.2. The maximum absolute atomic E-state index is 11.5. The van der Waals surface area contributed by atoms with E-state index >= 15 is 0 Å². The highest BCUT2D eigenvalue weighted by molar-refractivity contribution is 7.90. The minimum absolute atomic E-state index is 0.271. The van der Waals surface area contributed by atoms with Crippen LogP contribution < -0.4 is 5.32 Å². The molecule has 8 heteroatoms. The Morgan fingerprint density at radius 1 is 1.08 bits per heavy atom. The van der Waals surface area contributed by atoms with Crippen LogP contribution in [0.5, 0.6) is 0 Å². The summed E-state index contributed by atoms with van der Waals surface area (Å²) < 4.78 is 24.9. The summed E-state index contributed by atoms with van der Waals surface area (Å²) >= 11 is 0. The van der Waals surface area contributed by atoms with Gasteiger partial charge in [-0.25, -0.2) is 23.4 Å². The first-order valence-corrected chi connectivity index (χ1v) is 9.12. The SMILES string of the molecule is Cc1ncc(-c2ccnc(Nc3ccc(S(C)(=O)=O)cc3)n2)n1C. The van der Waals surface area contributed by atoms with Gasteiger partial charge in [-0.1, -0.05) is 0 Å². The van der Waals surface area contributed by atoms with E-state index in [1.165, 1.54) is 6.26 Å². The van der Waals surface area contributed by atoms with Gasteiger partial charge in [0.2, 0.25) is 5.95 Å². The number of benzene rings is 1. The van der Waals surface area contributed by atoms with Gasteiger partial charge in [-0.05, 0) is 37.3 Å². The minimum atomic E-state index is -3.21. The van der Waals surface area contributed by atoms with Crippen LogP contribution in [0.25, 0.3) is 11.4 Å². The van der Waals surface area contributed by atoms with Crippen molar-refractivity contribution < 1.29 is 8.42 Å². The molecule has 3 rings (SSSR count). The number of imidazole rings is 1. The molecule has 7 nitrogen and oxygen atoms in total. The number of sulfone groups is 1. The summed E-state index contributed by atoms with van der Waals surface area (Å²) in [5, 5.41) is 3.07. The van der Waals surface area contributed by atoms with Gasteiger partial charge >= 0.3 is 0 Å². The molecule has 0 radical (unpaired) electrons. The van der Waals surface area contributed by atoms with Crippen molar-refractivity contribution in [1.29, 1.82) is 0 Å². The molecule has 124 valence electrons. The van der Waals surface area contributed by atoms with E-state index in [2.05, 4.69) is 20.3 Å². The molecule has 0 spiro atoms. The molecule has 0 aliphatic rings. The van der Waals surface area contributed by atoms with Gasteiger partial charge in [-0.3, -0.25) is 0 Å². The van der Waals surface area contributed by atoms with Crippen LogP contribution in [0.4, 0.5) is 11.6 Å². The lowest BCUT2D eigenvalue weighted by Crippen LogP contribution is -2.01. The predicted octanol–water partition coefficient (Wildman–Crippen LogP) is 2.33. The molecule has 0 aliphatic carbocycles. The highest BCUT2D eigenvalue weighted by Crippen LogP contribution is 2.20. The quantitative estimate of drug-likeness (QED) is 0.782. The number of hydrogen-bond acceptors (Lipinski definition) is 6. The van der Waals surface area contributed by atoms with E-state index in [-0.39, 0.29) is 4.90 Å². The van der Waals surface area contributed by atoms with Crippen LogP contribution in [0.2, 0.25) is 0 Å². The Morgan fingerprint density at radius 3 is 2.38 bits per heavy atom. The van der Waals surface area contributed by atoms with Gasteiger partial charge < -0.3 is 9.88 Å². The summed E-state index contributed by atoms with van der Waals surface area (Å²) in [6.07, 6.45) is 4.61. The second-order valence-electron chi connectivity index (χ2n) is 5.44. The molecule has 0 bridgehead atoms. The lowest BCUT2D eigenvalue weighted by atomic mass is 10.3. The summed E-state index contributed by atoms with van der Waals surface area (Å²) in [5.41, 5.74) is 2.36. The molecule has 24 heavy (non-hydrogen) atoms. The number of hydrogen-bond donors (Lipinski definition) is 1. The van der Waals surface area contributed by atoms with Crippen molar-refractivity contribution in [2.45, 2.75) is 11.8 Å². The minimum Gasteiger partial charge on any atom is -0.330 e. The molecule has 0 saturated heterocycles. The van der Waals surface area contributed by atoms with Gasteiger partial charge in [-0.2, -0.15) is 0 Å². The maximum atomic E-state index is 11.5. The van der Waals surface area contributed by atoms with Gasteiger partial charge in [0.25, 0.3) is 0 Å². The summed E-state index contributed by atoms with van der Waals surface area (Å²) in [4.78, 5) is 13.2. The zero-order chi connectivity index (χ0) is 17.3. The topological polar surface area (TPSA) is 89.8 Å². The molecule has 1 aromatic carbocycles. The van der Waals surface area contributed by atoms with Crippen molar-refractivity contribution in [1.82, 2.24) is 19.5 Å². The third kappa shape index (κ3) is 3.28. The van der Waals surface area contributed by atoms with E-state index in [0.29, 0.717) is 11.6 Å². The number of nitrogens with one attached hydrogen (secondary N) is 1. The standard InChI is InChI=1S/C16H17N5O2S/c1-11-18-10-15(21(11)2)14-8-9-17-16(20-14)19-12-4-6-13(7-5-12)24(3,22)23/h4-10H,1-3H3,(H,17,19,20). The number of aromatic nitrogens is 4. The largest absolute Gasteiger partial charge is 0.330 e. The number of nitrogens with zero attached hydrogens (tertiary/aromatic N) is 4. The van der Waals surface area contributed by atoms with E-state index in [4.69, 9.17) is 0 Å². The highest BCUT2D eigenvalue weighted by Gasteiger charge is 2.09. The van der Waals surface area contributed by atoms with Crippen LogP contribution in [0, 0.1) is 6.92 Å². The first kappa shape index (κ1) is 16.1. The Kier molecular flexibility index (Phi) is 4.06. The number of aryl methyl sites for hydroxylation is 1. The normalized spacial score (nSPS) is 11.5. The first-order valence-electron chi connectivity index (χ1n) is 7.23. The van der Waals surface area contributed by atoms with Crippen LogP contribution in [-0.2, 0) is 16.9 Å². The number of anilines is 2. The van der Waals surface area contributed by atoms with E-state index in [9.17, 15) is 8.42 Å². The van der Waals surface area contributed by atoms with Crippen molar-refractivity contribution in [3.05, 3.63) is 48.5 Å². The Balaban J connectivity index is 1.86. The third-order valence-corrected chi connectivity index (χ3v) is 4.81. The van der Waals surface area contributed by atoms with Gasteiger partial charge in [0, 0.05) is 25.2 Å². The van der Waals surface area contributed by atoms with Gasteiger partial charge in [0.1, 0.15) is 5.82 Å². The van der Waals surface area contributed by atoms with Crippen LogP contribution in [-0.4, -0.2) is 34.2 Å². The molecular weight excluding hydrogens is 326 g/mol. The fourth-order valence-corrected chi connectivity index (χ4v) is 2.85. The second kappa shape index (κ2) is 6.04. The molecular formula is C16H17N5O2S. The van der Waals surface area contributed by atoms with E-state index in [1.807, 2.05) is 24.6 Å². The Morgan fingerprint density at radius 2 is 1.79 bits per heavy atom. The molecule has 2 heterocycles. The maximum Gasteiger partial charge on any atom is 0.227 e. The average Bonchev–Trinajstić information content (AvgIpc) is 2.87. The summed E-state index contributed by atoms with van der Waals surface area (Å²) in [5.74, 6) is 1.33. The molecule has 0 fully saturated rings. The van der Waals surface area contributed by atoms with Crippen molar-refractivity contribution in [3.8, 4) is 11.4 Å². The smallest absolute Gasteiger partial charge is 0.227 e. The zero-order valence-electron chi connectivity index (χ0n) is 13.6. The van der Waals surface area contributed by atoms with Crippen LogP contribution in [0.3, 0.4) is 0 Å². The first-order chi connectivity index (χ1) is 11.3. The van der Waals surface area contributed by atoms with Crippen molar-refractivity contribution >= 4 is 21.5 Å². The summed E-state index contributed by atoms with van der Waals surface area (Å²) in [6, 6.07) is 8.27. The fourth-order valence-electron chi connectivity index (χ4n) is 2.22. The molecule has 1 N–H and O–H groups in total.